The van der Waals surface area contributed by atoms with Crippen molar-refractivity contribution in [1.82, 2.24) is 15.0 Å². The van der Waals surface area contributed by atoms with Crippen LogP contribution in [0.25, 0.3) is 0 Å². The van der Waals surface area contributed by atoms with Crippen LogP contribution in [-0.2, 0) is 4.79 Å². The molecule has 1 aromatic heterocycles. The molecule has 0 saturated carbocycles. The fourth-order valence-electron chi connectivity index (χ4n) is 2.63. The van der Waals surface area contributed by atoms with E-state index >= 15 is 0 Å². The van der Waals surface area contributed by atoms with Crippen LogP contribution in [0, 0.1) is 11.5 Å². The van der Waals surface area contributed by atoms with Crippen LogP contribution >= 0.6 is 0 Å². The Morgan fingerprint density at radius 1 is 1.21 bits per heavy atom. The van der Waals surface area contributed by atoms with Gasteiger partial charge in [0.2, 0.25) is 17.8 Å². The molecule has 0 aliphatic heterocycles. The minimum Gasteiger partial charge on any atom is -0.467 e. The summed E-state index contributed by atoms with van der Waals surface area (Å²) in [6, 6.07) is 9.44. The normalized spacial score (nSPS) is 11.5. The first-order chi connectivity index (χ1) is 13.9. The maximum absolute atomic E-state index is 13.0. The van der Waals surface area contributed by atoms with Crippen LogP contribution in [0.2, 0.25) is 0 Å². The number of rotatable bonds is 9. The van der Waals surface area contributed by atoms with Crippen molar-refractivity contribution in [3.8, 4) is 12.2 Å². The lowest BCUT2D eigenvalue weighted by Gasteiger charge is -2.28. The number of nitrogens with one attached hydrogen (secondary N) is 1. The summed E-state index contributed by atoms with van der Waals surface area (Å²) in [6.07, 6.45) is 2.86. The first-order valence-electron chi connectivity index (χ1n) is 9.50. The third-order valence-corrected chi connectivity index (χ3v) is 4.25. The van der Waals surface area contributed by atoms with Gasteiger partial charge >= 0.3 is 6.01 Å². The van der Waals surface area contributed by atoms with Crippen molar-refractivity contribution in [2.45, 2.75) is 46.2 Å². The third kappa shape index (κ3) is 5.78. The zero-order chi connectivity index (χ0) is 21.4. The summed E-state index contributed by atoms with van der Waals surface area (Å²) >= 11 is 0. The van der Waals surface area contributed by atoms with Gasteiger partial charge in [-0.2, -0.15) is 20.2 Å². The number of carbonyl (C=O) groups excluding carboxylic acids is 1. The van der Waals surface area contributed by atoms with E-state index in [4.69, 9.17) is 4.74 Å². The summed E-state index contributed by atoms with van der Waals surface area (Å²) in [4.78, 5) is 28.4. The van der Waals surface area contributed by atoms with Gasteiger partial charge in [0.1, 0.15) is 6.54 Å². The molecule has 0 radical (unpaired) electrons. The zero-order valence-corrected chi connectivity index (χ0v) is 17.5. The number of para-hydroxylation sites is 1. The van der Waals surface area contributed by atoms with E-state index in [1.165, 1.54) is 7.11 Å². The van der Waals surface area contributed by atoms with Crippen molar-refractivity contribution >= 4 is 23.5 Å². The maximum Gasteiger partial charge on any atom is 0.322 e. The molecule has 0 aliphatic carbocycles. The molecular weight excluding hydrogens is 370 g/mol. The molecular formula is C20H27N7O2. The lowest BCUT2D eigenvalue weighted by Crippen LogP contribution is -2.43. The van der Waals surface area contributed by atoms with E-state index in [0.717, 1.165) is 17.0 Å². The van der Waals surface area contributed by atoms with Crippen molar-refractivity contribution in [2.24, 2.45) is 0 Å². The molecule has 0 saturated heterocycles. The van der Waals surface area contributed by atoms with E-state index in [1.807, 2.05) is 64.2 Å². The predicted molar refractivity (Wildman–Crippen MR) is 112 cm³/mol. The van der Waals surface area contributed by atoms with Gasteiger partial charge in [-0.25, -0.2) is 4.90 Å². The largest absolute Gasteiger partial charge is 0.467 e. The highest BCUT2D eigenvalue weighted by Crippen LogP contribution is 2.19. The Balaban J connectivity index is 2.29. The molecule has 9 heteroatoms. The minimum atomic E-state index is -0.247. The van der Waals surface area contributed by atoms with Gasteiger partial charge in [0.05, 0.1) is 7.11 Å². The standard InChI is InChI=1S/C20H27N7O2/c1-6-15(4)22-18-23-19(25-20(24-18)29-5)26(13-21)12-17(28)27(14(2)3)16-10-8-7-9-11-16/h7-11,14-15H,6,12H2,1-5H3,(H,22,23,24,25)/t15-/m1/s1. The van der Waals surface area contributed by atoms with Gasteiger partial charge in [0.25, 0.3) is 0 Å². The SMILES string of the molecule is CC[C@@H](C)Nc1nc(OC)nc(N(C#N)CC(=O)N(c2ccccc2)C(C)C)n1. The molecule has 9 nitrogen and oxygen atoms in total. The molecule has 0 fully saturated rings. The Morgan fingerprint density at radius 3 is 2.45 bits per heavy atom. The maximum atomic E-state index is 13.0. The first kappa shape index (κ1) is 21.9. The number of ether oxygens (including phenoxy) is 1. The fraction of sp³-hybridized carbons (Fsp3) is 0.450. The van der Waals surface area contributed by atoms with Crippen LogP contribution in [0.3, 0.4) is 0 Å². The van der Waals surface area contributed by atoms with Crippen LogP contribution in [0.15, 0.2) is 30.3 Å². The van der Waals surface area contributed by atoms with Crippen molar-refractivity contribution < 1.29 is 9.53 Å². The smallest absolute Gasteiger partial charge is 0.322 e. The highest BCUT2D eigenvalue weighted by atomic mass is 16.5. The number of benzene rings is 1. The van der Waals surface area contributed by atoms with E-state index in [9.17, 15) is 10.1 Å². The molecule has 154 valence electrons. The number of nitriles is 1. The number of amides is 1. The average molecular weight is 397 g/mol. The summed E-state index contributed by atoms with van der Waals surface area (Å²) < 4.78 is 5.13. The molecule has 2 rings (SSSR count). The summed E-state index contributed by atoms with van der Waals surface area (Å²) in [5, 5.41) is 12.8. The summed E-state index contributed by atoms with van der Waals surface area (Å²) in [5.74, 6) is 0.0940. The summed E-state index contributed by atoms with van der Waals surface area (Å²) in [7, 11) is 1.43. The zero-order valence-electron chi connectivity index (χ0n) is 17.5. The van der Waals surface area contributed by atoms with Gasteiger partial charge < -0.3 is 15.0 Å². The minimum absolute atomic E-state index is 0.0512. The number of carbonyl (C=O) groups is 1. The number of hydrogen-bond donors (Lipinski definition) is 1. The molecule has 1 aromatic carbocycles. The monoisotopic (exact) mass is 397 g/mol. The second kappa shape index (κ2) is 10.2. The number of aromatic nitrogens is 3. The van der Waals surface area contributed by atoms with Gasteiger partial charge in [-0.1, -0.05) is 25.1 Å². The Bertz CT molecular complexity index is 852. The molecule has 29 heavy (non-hydrogen) atoms. The van der Waals surface area contributed by atoms with Crippen LogP contribution in [0.5, 0.6) is 6.01 Å². The summed E-state index contributed by atoms with van der Waals surface area (Å²) in [5.41, 5.74) is 0.762. The van der Waals surface area contributed by atoms with Crippen molar-refractivity contribution in [2.75, 3.05) is 28.8 Å². The molecule has 0 bridgehead atoms. The third-order valence-electron chi connectivity index (χ3n) is 4.25. The van der Waals surface area contributed by atoms with E-state index in [1.54, 1.807) is 4.90 Å². The predicted octanol–water partition coefficient (Wildman–Crippen LogP) is 2.82. The highest BCUT2D eigenvalue weighted by Gasteiger charge is 2.24. The van der Waals surface area contributed by atoms with Gasteiger partial charge in [0, 0.05) is 17.8 Å². The number of methoxy groups -OCH3 is 1. The van der Waals surface area contributed by atoms with Crippen LogP contribution < -0.4 is 19.9 Å². The average Bonchev–Trinajstić information content (AvgIpc) is 2.72. The topological polar surface area (TPSA) is 107 Å². The Hall–Kier alpha value is -3.41. The Morgan fingerprint density at radius 2 is 1.90 bits per heavy atom. The number of nitrogens with zero attached hydrogens (tertiary/aromatic N) is 6. The molecule has 2 aromatic rings. The first-order valence-corrected chi connectivity index (χ1v) is 9.50. The number of hydrogen-bond acceptors (Lipinski definition) is 8. The molecule has 1 amide bonds. The molecule has 0 aliphatic rings. The van der Waals surface area contributed by atoms with Gasteiger partial charge in [-0.15, -0.1) is 0 Å². The van der Waals surface area contributed by atoms with Crippen molar-refractivity contribution in [3.05, 3.63) is 30.3 Å². The van der Waals surface area contributed by atoms with E-state index in [-0.39, 0.29) is 42.4 Å². The van der Waals surface area contributed by atoms with Crippen LogP contribution in [0.1, 0.15) is 34.1 Å². The molecule has 0 spiro atoms. The van der Waals surface area contributed by atoms with E-state index in [0.29, 0.717) is 0 Å². The van der Waals surface area contributed by atoms with Crippen molar-refractivity contribution in [1.29, 1.82) is 5.26 Å². The molecule has 1 atom stereocenters. The lowest BCUT2D eigenvalue weighted by molar-refractivity contribution is -0.117. The van der Waals surface area contributed by atoms with Crippen LogP contribution in [-0.4, -0.2) is 46.6 Å². The van der Waals surface area contributed by atoms with Crippen molar-refractivity contribution in [3.63, 3.8) is 0 Å². The Labute approximate surface area is 171 Å². The second-order valence-electron chi connectivity index (χ2n) is 6.78. The van der Waals surface area contributed by atoms with E-state index in [2.05, 4.69) is 20.3 Å². The Kier molecular flexibility index (Phi) is 7.71. The quantitative estimate of drug-likeness (QED) is 0.508. The second-order valence-corrected chi connectivity index (χ2v) is 6.78. The lowest BCUT2D eigenvalue weighted by atomic mass is 10.2. The van der Waals surface area contributed by atoms with Gasteiger partial charge in [-0.05, 0) is 39.3 Å². The molecule has 1 heterocycles. The number of anilines is 3. The van der Waals surface area contributed by atoms with Gasteiger partial charge in [0.15, 0.2) is 6.19 Å². The van der Waals surface area contributed by atoms with Crippen LogP contribution in [0.4, 0.5) is 17.6 Å². The molecule has 0 unspecified atom stereocenters. The highest BCUT2D eigenvalue weighted by molar-refractivity contribution is 5.97. The van der Waals surface area contributed by atoms with E-state index < -0.39 is 0 Å². The summed E-state index contributed by atoms with van der Waals surface area (Å²) in [6.45, 7) is 7.65. The molecule has 1 N–H and O–H groups in total. The fourth-order valence-corrected chi connectivity index (χ4v) is 2.63. The van der Waals surface area contributed by atoms with Gasteiger partial charge in [-0.3, -0.25) is 4.79 Å².